The van der Waals surface area contributed by atoms with Crippen LogP contribution in [0.25, 0.3) is 11.1 Å². The summed E-state index contributed by atoms with van der Waals surface area (Å²) < 4.78 is 24.9. The summed E-state index contributed by atoms with van der Waals surface area (Å²) in [5, 5.41) is 0. The fraction of sp³-hybridized carbons (Fsp3) is 0.184. The molecule has 0 heterocycles. The fourth-order valence-corrected chi connectivity index (χ4v) is 8.95. The van der Waals surface area contributed by atoms with Gasteiger partial charge in [0.2, 0.25) is 0 Å². The van der Waals surface area contributed by atoms with Crippen molar-refractivity contribution in [2.45, 2.75) is 27.4 Å². The first-order chi connectivity index (χ1) is 27.2. The van der Waals surface area contributed by atoms with E-state index < -0.39 is 5.41 Å². The number of rotatable bonds is 20. The zero-order valence-corrected chi connectivity index (χ0v) is 32.6. The molecule has 0 aromatic heterocycles. The quantitative estimate of drug-likeness (QED) is 0.0569. The molecule has 1 aliphatic rings. The van der Waals surface area contributed by atoms with Crippen LogP contribution in [-0.4, -0.2) is 50.1 Å². The van der Waals surface area contributed by atoms with Crippen LogP contribution in [0.3, 0.4) is 0 Å². The summed E-state index contributed by atoms with van der Waals surface area (Å²) in [5.74, 6) is 3.17. The molecule has 6 aromatic rings. The number of hydrogen-bond acceptors (Lipinski definition) is 6. The minimum atomic E-state index is -0.534. The summed E-state index contributed by atoms with van der Waals surface area (Å²) in [6.07, 6.45) is 3.39. The molecule has 0 N–H and O–H groups in total. The minimum absolute atomic E-state index is 0.0880. The largest absolute Gasteiger partial charge is 0.491 e. The Kier molecular flexibility index (Phi) is 13.3. The lowest BCUT2D eigenvalue weighted by Crippen LogP contribution is -2.28. The standard InChI is InChI=1S/C49H46O4S2/c1-3-31-50-41(35-54-43-15-7-5-8-16-43)33-52-39-27-23-37(24-28-39)49(47-21-13-11-19-45(47)46-20-12-14-22-48(46)49)38-25-29-40(30-26-38)53-34-42(51-32-4-2)36-55-44-17-9-6-10-18-44/h3-30,41-42H,1-2,31-36H2. The van der Waals surface area contributed by atoms with E-state index in [-0.39, 0.29) is 12.2 Å². The molecule has 2 atom stereocenters. The minimum Gasteiger partial charge on any atom is -0.491 e. The summed E-state index contributed by atoms with van der Waals surface area (Å²) in [5.41, 5.74) is 6.80. The van der Waals surface area contributed by atoms with Gasteiger partial charge in [0.1, 0.15) is 36.9 Å². The molecule has 0 spiro atoms. The molecular weight excluding hydrogens is 717 g/mol. The molecule has 1 aliphatic carbocycles. The average Bonchev–Trinajstić information content (AvgIpc) is 3.55. The molecule has 6 heteroatoms. The van der Waals surface area contributed by atoms with Crippen molar-refractivity contribution >= 4 is 23.5 Å². The van der Waals surface area contributed by atoms with Crippen LogP contribution in [-0.2, 0) is 14.9 Å². The monoisotopic (exact) mass is 762 g/mol. The van der Waals surface area contributed by atoms with E-state index in [0.29, 0.717) is 26.4 Å². The third-order valence-electron chi connectivity index (χ3n) is 9.66. The molecule has 278 valence electrons. The number of benzene rings is 6. The molecule has 55 heavy (non-hydrogen) atoms. The summed E-state index contributed by atoms with van der Waals surface area (Å²) in [6, 6.07) is 55.5. The molecule has 0 bridgehead atoms. The molecule has 4 nitrogen and oxygen atoms in total. The lowest BCUT2D eigenvalue weighted by molar-refractivity contribution is 0.0526. The van der Waals surface area contributed by atoms with Crippen molar-refractivity contribution in [2.75, 3.05) is 37.9 Å². The Hall–Kier alpha value is -4.98. The van der Waals surface area contributed by atoms with E-state index in [0.717, 1.165) is 23.0 Å². The highest BCUT2D eigenvalue weighted by atomic mass is 32.2. The Balaban J connectivity index is 1.13. The molecule has 7 rings (SSSR count). The molecule has 0 aliphatic heterocycles. The van der Waals surface area contributed by atoms with Gasteiger partial charge in [0.25, 0.3) is 0 Å². The Morgan fingerprint density at radius 3 is 1.25 bits per heavy atom. The van der Waals surface area contributed by atoms with Gasteiger partial charge in [-0.25, -0.2) is 0 Å². The number of ether oxygens (including phenoxy) is 4. The lowest BCUT2D eigenvalue weighted by atomic mass is 9.68. The van der Waals surface area contributed by atoms with E-state index in [1.54, 1.807) is 35.7 Å². The third-order valence-corrected chi connectivity index (χ3v) is 11.9. The maximum absolute atomic E-state index is 6.37. The van der Waals surface area contributed by atoms with Gasteiger partial charge in [-0.15, -0.1) is 36.7 Å². The molecule has 0 saturated carbocycles. The molecular formula is C49H46O4S2. The highest BCUT2D eigenvalue weighted by Crippen LogP contribution is 2.56. The molecule has 0 fully saturated rings. The topological polar surface area (TPSA) is 36.9 Å². The van der Waals surface area contributed by atoms with Gasteiger partial charge in [0.05, 0.1) is 18.6 Å². The summed E-state index contributed by atoms with van der Waals surface area (Å²) in [7, 11) is 0. The van der Waals surface area contributed by atoms with Gasteiger partial charge in [-0.1, -0.05) is 121 Å². The predicted molar refractivity (Wildman–Crippen MR) is 229 cm³/mol. The van der Waals surface area contributed by atoms with Crippen molar-refractivity contribution in [3.05, 3.63) is 205 Å². The van der Waals surface area contributed by atoms with Crippen molar-refractivity contribution in [1.29, 1.82) is 0 Å². The second-order valence-corrected chi connectivity index (χ2v) is 15.4. The Morgan fingerprint density at radius 2 is 0.855 bits per heavy atom. The Morgan fingerprint density at radius 1 is 0.473 bits per heavy atom. The Bertz CT molecular complexity index is 1960. The van der Waals surface area contributed by atoms with Gasteiger partial charge in [0, 0.05) is 21.3 Å². The SMILES string of the molecule is C=CCOC(COc1ccc(C2(c3ccc(OCC(CSc4ccccc4)OCC=C)cc3)c3ccccc3-c3ccccc32)cc1)CSc1ccccc1. The van der Waals surface area contributed by atoms with E-state index in [2.05, 4.69) is 159 Å². The van der Waals surface area contributed by atoms with Crippen LogP contribution in [0.4, 0.5) is 0 Å². The second-order valence-electron chi connectivity index (χ2n) is 13.2. The lowest BCUT2D eigenvalue weighted by Gasteiger charge is -2.34. The van der Waals surface area contributed by atoms with Gasteiger partial charge in [0.15, 0.2) is 0 Å². The van der Waals surface area contributed by atoms with Gasteiger partial charge in [-0.05, 0) is 81.9 Å². The fourth-order valence-electron chi connectivity index (χ4n) is 7.11. The van der Waals surface area contributed by atoms with Gasteiger partial charge in [-0.3, -0.25) is 0 Å². The summed E-state index contributed by atoms with van der Waals surface area (Å²) >= 11 is 3.54. The highest BCUT2D eigenvalue weighted by molar-refractivity contribution is 7.99. The van der Waals surface area contributed by atoms with Crippen LogP contribution in [0, 0.1) is 0 Å². The molecule has 0 amide bonds. The summed E-state index contributed by atoms with van der Waals surface area (Å²) in [6.45, 7) is 9.51. The van der Waals surface area contributed by atoms with E-state index in [4.69, 9.17) is 18.9 Å². The van der Waals surface area contributed by atoms with Crippen LogP contribution in [0.5, 0.6) is 11.5 Å². The van der Waals surface area contributed by atoms with E-state index in [1.807, 2.05) is 12.1 Å². The smallest absolute Gasteiger partial charge is 0.119 e. The van der Waals surface area contributed by atoms with Crippen LogP contribution in [0.15, 0.2) is 193 Å². The van der Waals surface area contributed by atoms with Crippen molar-refractivity contribution in [2.24, 2.45) is 0 Å². The zero-order valence-electron chi connectivity index (χ0n) is 30.9. The van der Waals surface area contributed by atoms with Crippen molar-refractivity contribution in [1.82, 2.24) is 0 Å². The van der Waals surface area contributed by atoms with Crippen LogP contribution >= 0.6 is 23.5 Å². The van der Waals surface area contributed by atoms with E-state index in [9.17, 15) is 0 Å². The van der Waals surface area contributed by atoms with Crippen molar-refractivity contribution in [3.63, 3.8) is 0 Å². The predicted octanol–water partition coefficient (Wildman–Crippen LogP) is 11.5. The first-order valence-corrected chi connectivity index (χ1v) is 20.6. The van der Waals surface area contributed by atoms with E-state index in [1.165, 1.54) is 43.2 Å². The maximum Gasteiger partial charge on any atom is 0.119 e. The first kappa shape index (κ1) is 38.3. The normalized spacial score (nSPS) is 13.6. The third kappa shape index (κ3) is 9.12. The number of thioether (sulfide) groups is 2. The second kappa shape index (κ2) is 19.1. The van der Waals surface area contributed by atoms with Gasteiger partial charge < -0.3 is 18.9 Å². The Labute approximate surface area is 334 Å². The molecule has 0 radical (unpaired) electrons. The van der Waals surface area contributed by atoms with E-state index >= 15 is 0 Å². The summed E-state index contributed by atoms with van der Waals surface area (Å²) in [4.78, 5) is 2.42. The van der Waals surface area contributed by atoms with Crippen LogP contribution in [0.1, 0.15) is 22.3 Å². The van der Waals surface area contributed by atoms with Crippen molar-refractivity contribution in [3.8, 4) is 22.6 Å². The first-order valence-electron chi connectivity index (χ1n) is 18.7. The maximum atomic E-state index is 6.37. The van der Waals surface area contributed by atoms with Crippen molar-refractivity contribution < 1.29 is 18.9 Å². The van der Waals surface area contributed by atoms with Gasteiger partial charge >= 0.3 is 0 Å². The highest BCUT2D eigenvalue weighted by Gasteiger charge is 2.45. The van der Waals surface area contributed by atoms with Crippen LogP contribution < -0.4 is 9.47 Å². The van der Waals surface area contributed by atoms with Gasteiger partial charge in [-0.2, -0.15) is 0 Å². The number of fused-ring (bicyclic) bond motifs is 3. The molecule has 6 aromatic carbocycles. The average molecular weight is 763 g/mol. The number of hydrogen-bond donors (Lipinski definition) is 0. The zero-order chi connectivity index (χ0) is 37.7. The molecule has 2 unspecified atom stereocenters. The van der Waals surface area contributed by atoms with Crippen LogP contribution in [0.2, 0.25) is 0 Å². The molecule has 0 saturated heterocycles.